The van der Waals surface area contributed by atoms with Crippen LogP contribution in [0.25, 0.3) is 0 Å². The third-order valence-electron chi connectivity index (χ3n) is 4.00. The van der Waals surface area contributed by atoms with Crippen molar-refractivity contribution in [2.45, 2.75) is 39.8 Å². The van der Waals surface area contributed by atoms with Crippen LogP contribution in [-0.4, -0.2) is 36.5 Å². The second-order valence-corrected chi connectivity index (χ2v) is 5.81. The lowest BCUT2D eigenvalue weighted by Gasteiger charge is -2.15. The highest BCUT2D eigenvalue weighted by atomic mass is 16.2. The van der Waals surface area contributed by atoms with Gasteiger partial charge in [0.25, 0.3) is 0 Å². The van der Waals surface area contributed by atoms with E-state index in [-0.39, 0.29) is 11.9 Å². The standard InChI is InChI=1S/C16H23N3O2/c1-10-7-11(2)13(12(3)8-10)9-17-16(21)18-14-5-6-19(4)15(14)20/h7-8,14H,5-6,9H2,1-4H3,(H2,17,18,21). The van der Waals surface area contributed by atoms with Crippen LogP contribution in [0.5, 0.6) is 0 Å². The van der Waals surface area contributed by atoms with Crippen molar-refractivity contribution < 1.29 is 9.59 Å². The molecule has 1 aliphatic rings. The summed E-state index contributed by atoms with van der Waals surface area (Å²) in [6.07, 6.45) is 0.672. The minimum absolute atomic E-state index is 0.0205. The predicted octanol–water partition coefficient (Wildman–Crippen LogP) is 1.64. The summed E-state index contributed by atoms with van der Waals surface area (Å²) >= 11 is 0. The van der Waals surface area contributed by atoms with Crippen LogP contribution < -0.4 is 10.6 Å². The van der Waals surface area contributed by atoms with Crippen LogP contribution in [0.2, 0.25) is 0 Å². The zero-order chi connectivity index (χ0) is 15.6. The molecule has 2 N–H and O–H groups in total. The van der Waals surface area contributed by atoms with Gasteiger partial charge in [-0.05, 0) is 43.9 Å². The zero-order valence-electron chi connectivity index (χ0n) is 13.1. The van der Waals surface area contributed by atoms with Gasteiger partial charge in [-0.1, -0.05) is 17.7 Å². The summed E-state index contributed by atoms with van der Waals surface area (Å²) in [5.41, 5.74) is 4.69. The summed E-state index contributed by atoms with van der Waals surface area (Å²) in [6, 6.07) is 3.53. The normalized spacial score (nSPS) is 18.0. The molecule has 0 aliphatic carbocycles. The van der Waals surface area contributed by atoms with Crippen molar-refractivity contribution in [1.29, 1.82) is 0 Å². The van der Waals surface area contributed by atoms with Crippen molar-refractivity contribution in [1.82, 2.24) is 15.5 Å². The Morgan fingerprint density at radius 2 is 1.90 bits per heavy atom. The molecule has 3 amide bonds. The van der Waals surface area contributed by atoms with Gasteiger partial charge in [-0.25, -0.2) is 4.79 Å². The smallest absolute Gasteiger partial charge is 0.315 e. The van der Waals surface area contributed by atoms with Crippen molar-refractivity contribution in [2.75, 3.05) is 13.6 Å². The van der Waals surface area contributed by atoms with Crippen molar-refractivity contribution in [3.63, 3.8) is 0 Å². The van der Waals surface area contributed by atoms with Gasteiger partial charge in [-0.15, -0.1) is 0 Å². The molecule has 0 spiro atoms. The van der Waals surface area contributed by atoms with E-state index >= 15 is 0 Å². The van der Waals surface area contributed by atoms with E-state index in [0.717, 1.165) is 5.56 Å². The zero-order valence-corrected chi connectivity index (χ0v) is 13.1. The molecule has 1 fully saturated rings. The molecule has 0 bridgehead atoms. The van der Waals surface area contributed by atoms with E-state index in [1.165, 1.54) is 16.7 Å². The molecule has 1 aromatic rings. The number of aryl methyl sites for hydroxylation is 3. The molecule has 5 nitrogen and oxygen atoms in total. The second-order valence-electron chi connectivity index (χ2n) is 5.81. The summed E-state index contributed by atoms with van der Waals surface area (Å²) in [5.74, 6) is -0.0205. The third kappa shape index (κ3) is 3.54. The summed E-state index contributed by atoms with van der Waals surface area (Å²) in [7, 11) is 1.75. The SMILES string of the molecule is Cc1cc(C)c(CNC(=O)NC2CCN(C)C2=O)c(C)c1. The Labute approximate surface area is 125 Å². The average Bonchev–Trinajstić information content (AvgIpc) is 2.69. The predicted molar refractivity (Wildman–Crippen MR) is 82.1 cm³/mol. The molecule has 21 heavy (non-hydrogen) atoms. The maximum atomic E-state index is 11.9. The summed E-state index contributed by atoms with van der Waals surface area (Å²) in [5, 5.41) is 5.58. The number of nitrogens with zero attached hydrogens (tertiary/aromatic N) is 1. The van der Waals surface area contributed by atoms with Crippen LogP contribution >= 0.6 is 0 Å². The molecule has 5 heteroatoms. The van der Waals surface area contributed by atoms with Gasteiger partial charge >= 0.3 is 6.03 Å². The van der Waals surface area contributed by atoms with Gasteiger partial charge in [0.1, 0.15) is 6.04 Å². The highest BCUT2D eigenvalue weighted by Gasteiger charge is 2.30. The van der Waals surface area contributed by atoms with E-state index in [2.05, 4.69) is 29.7 Å². The Bertz CT molecular complexity index is 546. The first kappa shape index (κ1) is 15.4. The van der Waals surface area contributed by atoms with E-state index in [1.807, 2.05) is 13.8 Å². The first-order valence-corrected chi connectivity index (χ1v) is 7.24. The molecule has 0 saturated carbocycles. The van der Waals surface area contributed by atoms with Crippen LogP contribution in [0.3, 0.4) is 0 Å². The fraction of sp³-hybridized carbons (Fsp3) is 0.500. The highest BCUT2D eigenvalue weighted by Crippen LogP contribution is 2.16. The molecule has 1 heterocycles. The first-order chi connectivity index (χ1) is 9.88. The Balaban J connectivity index is 1.92. The van der Waals surface area contributed by atoms with Crippen molar-refractivity contribution >= 4 is 11.9 Å². The van der Waals surface area contributed by atoms with Gasteiger partial charge < -0.3 is 15.5 Å². The Morgan fingerprint density at radius 1 is 1.29 bits per heavy atom. The second kappa shape index (κ2) is 6.16. The van der Waals surface area contributed by atoms with E-state index in [4.69, 9.17) is 0 Å². The molecule has 114 valence electrons. The quantitative estimate of drug-likeness (QED) is 0.888. The fourth-order valence-corrected chi connectivity index (χ4v) is 2.82. The molecule has 2 rings (SSSR count). The van der Waals surface area contributed by atoms with Crippen molar-refractivity contribution in [3.8, 4) is 0 Å². The molecule has 1 aromatic carbocycles. The lowest BCUT2D eigenvalue weighted by Crippen LogP contribution is -2.45. The molecule has 0 aromatic heterocycles. The minimum Gasteiger partial charge on any atom is -0.344 e. The topological polar surface area (TPSA) is 61.4 Å². The number of carbonyl (C=O) groups is 2. The number of hydrogen-bond donors (Lipinski definition) is 2. The van der Waals surface area contributed by atoms with Gasteiger partial charge in [0.2, 0.25) is 5.91 Å². The monoisotopic (exact) mass is 289 g/mol. The van der Waals surface area contributed by atoms with E-state index < -0.39 is 6.04 Å². The number of carbonyl (C=O) groups excluding carboxylic acids is 2. The number of amides is 3. The molecule has 1 unspecified atom stereocenters. The number of likely N-dealkylation sites (tertiary alicyclic amines) is 1. The number of urea groups is 1. The summed E-state index contributed by atoms with van der Waals surface area (Å²) < 4.78 is 0. The van der Waals surface area contributed by atoms with Crippen LogP contribution in [0, 0.1) is 20.8 Å². The highest BCUT2D eigenvalue weighted by molar-refractivity contribution is 5.88. The lowest BCUT2D eigenvalue weighted by atomic mass is 10.00. The van der Waals surface area contributed by atoms with Crippen LogP contribution in [0.15, 0.2) is 12.1 Å². The lowest BCUT2D eigenvalue weighted by molar-refractivity contribution is -0.128. The largest absolute Gasteiger partial charge is 0.344 e. The van der Waals surface area contributed by atoms with Crippen LogP contribution in [-0.2, 0) is 11.3 Å². The first-order valence-electron chi connectivity index (χ1n) is 7.24. The van der Waals surface area contributed by atoms with E-state index in [1.54, 1.807) is 11.9 Å². The van der Waals surface area contributed by atoms with Gasteiger partial charge in [0.05, 0.1) is 0 Å². The van der Waals surface area contributed by atoms with Gasteiger partial charge in [-0.2, -0.15) is 0 Å². The molecule has 0 radical (unpaired) electrons. The molecule has 1 saturated heterocycles. The molecule has 1 atom stereocenters. The average molecular weight is 289 g/mol. The van der Waals surface area contributed by atoms with Crippen LogP contribution in [0.1, 0.15) is 28.7 Å². The number of rotatable bonds is 3. The van der Waals surface area contributed by atoms with E-state index in [9.17, 15) is 9.59 Å². The van der Waals surface area contributed by atoms with Crippen molar-refractivity contribution in [2.24, 2.45) is 0 Å². The van der Waals surface area contributed by atoms with Crippen molar-refractivity contribution in [3.05, 3.63) is 34.4 Å². The molecule has 1 aliphatic heterocycles. The Morgan fingerprint density at radius 3 is 2.43 bits per heavy atom. The molecular formula is C16H23N3O2. The van der Waals surface area contributed by atoms with Gasteiger partial charge in [0, 0.05) is 20.1 Å². The summed E-state index contributed by atoms with van der Waals surface area (Å²) in [6.45, 7) is 7.32. The van der Waals surface area contributed by atoms with Gasteiger partial charge in [0.15, 0.2) is 0 Å². The Hall–Kier alpha value is -2.04. The van der Waals surface area contributed by atoms with E-state index in [0.29, 0.717) is 19.5 Å². The summed E-state index contributed by atoms with van der Waals surface area (Å²) in [4.78, 5) is 25.3. The number of nitrogens with one attached hydrogen (secondary N) is 2. The number of hydrogen-bond acceptors (Lipinski definition) is 2. The fourth-order valence-electron chi connectivity index (χ4n) is 2.82. The Kier molecular flexibility index (Phi) is 4.50. The van der Waals surface area contributed by atoms with Gasteiger partial charge in [-0.3, -0.25) is 4.79 Å². The maximum Gasteiger partial charge on any atom is 0.315 e. The number of benzene rings is 1. The third-order valence-corrected chi connectivity index (χ3v) is 4.00. The van der Waals surface area contributed by atoms with Crippen LogP contribution in [0.4, 0.5) is 4.79 Å². The minimum atomic E-state index is -0.393. The number of likely N-dealkylation sites (N-methyl/N-ethyl adjacent to an activating group) is 1. The molecular weight excluding hydrogens is 266 g/mol. The maximum absolute atomic E-state index is 11.9.